The van der Waals surface area contributed by atoms with E-state index >= 15 is 0 Å². The van der Waals surface area contributed by atoms with Crippen LogP contribution in [0.4, 0.5) is 0 Å². The van der Waals surface area contributed by atoms with Gasteiger partial charge in [-0.25, -0.2) is 9.78 Å². The lowest BCUT2D eigenvalue weighted by Gasteiger charge is -2.11. The number of halogens is 2. The molecular formula is C12H10Br2N2O3. The van der Waals surface area contributed by atoms with Gasteiger partial charge in [0.25, 0.3) is 0 Å². The third-order valence-electron chi connectivity index (χ3n) is 2.40. The molecule has 2 rings (SSSR count). The van der Waals surface area contributed by atoms with Crippen molar-refractivity contribution in [3.05, 3.63) is 45.4 Å². The number of benzene rings is 1. The van der Waals surface area contributed by atoms with Crippen LogP contribution in [0.5, 0.6) is 5.75 Å². The minimum Gasteiger partial charge on any atom is -0.489 e. The van der Waals surface area contributed by atoms with Crippen molar-refractivity contribution in [3.8, 4) is 5.75 Å². The summed E-state index contributed by atoms with van der Waals surface area (Å²) in [4.78, 5) is 14.8. The molecule has 0 aliphatic carbocycles. The Balaban J connectivity index is 2.06. The second kappa shape index (κ2) is 6.21. The molecule has 19 heavy (non-hydrogen) atoms. The number of hydrogen-bond donors (Lipinski definition) is 1. The lowest BCUT2D eigenvalue weighted by atomic mass is 10.2. The molecule has 0 bridgehead atoms. The van der Waals surface area contributed by atoms with E-state index in [1.807, 2.05) is 10.8 Å². The van der Waals surface area contributed by atoms with Crippen molar-refractivity contribution in [2.45, 2.75) is 6.54 Å². The van der Waals surface area contributed by atoms with E-state index in [1.165, 1.54) is 12.1 Å². The van der Waals surface area contributed by atoms with Crippen LogP contribution in [0.15, 0.2) is 39.8 Å². The first-order valence-corrected chi connectivity index (χ1v) is 6.97. The van der Waals surface area contributed by atoms with Gasteiger partial charge >= 0.3 is 5.97 Å². The predicted molar refractivity (Wildman–Crippen MR) is 76.5 cm³/mol. The lowest BCUT2D eigenvalue weighted by molar-refractivity contribution is 0.0696. The number of carboxylic acids is 1. The van der Waals surface area contributed by atoms with E-state index in [2.05, 4.69) is 36.8 Å². The molecule has 0 saturated heterocycles. The molecule has 5 nitrogen and oxygen atoms in total. The molecule has 0 unspecified atom stereocenters. The van der Waals surface area contributed by atoms with Gasteiger partial charge in [-0.3, -0.25) is 0 Å². The fourth-order valence-corrected chi connectivity index (χ4v) is 2.91. The Morgan fingerprint density at radius 2 is 2.05 bits per heavy atom. The van der Waals surface area contributed by atoms with Crippen LogP contribution in [0.1, 0.15) is 10.4 Å². The normalized spacial score (nSPS) is 10.4. The Bertz CT molecular complexity index is 562. The van der Waals surface area contributed by atoms with Crippen LogP contribution < -0.4 is 4.74 Å². The molecule has 0 aliphatic rings. The van der Waals surface area contributed by atoms with Crippen molar-refractivity contribution in [1.29, 1.82) is 0 Å². The average molecular weight is 390 g/mol. The number of hydrogen-bond acceptors (Lipinski definition) is 3. The zero-order valence-corrected chi connectivity index (χ0v) is 12.9. The molecule has 7 heteroatoms. The van der Waals surface area contributed by atoms with Crippen LogP contribution in [0.2, 0.25) is 0 Å². The van der Waals surface area contributed by atoms with Gasteiger partial charge in [0, 0.05) is 12.4 Å². The van der Waals surface area contributed by atoms with Crippen molar-refractivity contribution < 1.29 is 14.6 Å². The molecule has 1 aromatic carbocycles. The Labute approximate surface area is 126 Å². The van der Waals surface area contributed by atoms with Gasteiger partial charge in [-0.2, -0.15) is 0 Å². The van der Waals surface area contributed by atoms with Crippen molar-refractivity contribution in [1.82, 2.24) is 9.55 Å². The van der Waals surface area contributed by atoms with E-state index in [-0.39, 0.29) is 5.56 Å². The van der Waals surface area contributed by atoms with Gasteiger partial charge in [-0.05, 0) is 44.0 Å². The number of ether oxygens (including phenoxy) is 1. The van der Waals surface area contributed by atoms with E-state index in [0.29, 0.717) is 27.8 Å². The highest BCUT2D eigenvalue weighted by Gasteiger charge is 2.12. The minimum atomic E-state index is -0.980. The largest absolute Gasteiger partial charge is 0.489 e. The predicted octanol–water partition coefficient (Wildman–Crippen LogP) is 3.19. The highest BCUT2D eigenvalue weighted by molar-refractivity contribution is 9.11. The number of carboxylic acid groups (broad SMARTS) is 1. The smallest absolute Gasteiger partial charge is 0.335 e. The summed E-state index contributed by atoms with van der Waals surface area (Å²) in [6.07, 6.45) is 5.26. The third kappa shape index (κ3) is 3.57. The highest BCUT2D eigenvalue weighted by Crippen LogP contribution is 2.34. The molecular weight excluding hydrogens is 380 g/mol. The quantitative estimate of drug-likeness (QED) is 0.852. The first-order chi connectivity index (χ1) is 9.08. The number of nitrogens with zero attached hydrogens (tertiary/aromatic N) is 2. The van der Waals surface area contributed by atoms with Gasteiger partial charge in [0.05, 0.1) is 27.4 Å². The summed E-state index contributed by atoms with van der Waals surface area (Å²) in [5.74, 6) is -0.392. The summed E-state index contributed by atoms with van der Waals surface area (Å²) in [6.45, 7) is 1.12. The molecule has 0 atom stereocenters. The van der Waals surface area contributed by atoms with Crippen LogP contribution in [-0.4, -0.2) is 27.2 Å². The Kier molecular flexibility index (Phi) is 4.60. The molecule has 0 spiro atoms. The maximum Gasteiger partial charge on any atom is 0.335 e. The van der Waals surface area contributed by atoms with E-state index < -0.39 is 5.97 Å². The first-order valence-electron chi connectivity index (χ1n) is 5.39. The topological polar surface area (TPSA) is 64.3 Å². The SMILES string of the molecule is O=C(O)c1cc(Br)c(OCCn2ccnc2)c(Br)c1. The summed E-state index contributed by atoms with van der Waals surface area (Å²) >= 11 is 6.62. The number of carbonyl (C=O) groups is 1. The Morgan fingerprint density at radius 3 is 2.58 bits per heavy atom. The first kappa shape index (κ1) is 14.1. The van der Waals surface area contributed by atoms with Gasteiger partial charge < -0.3 is 14.4 Å². The van der Waals surface area contributed by atoms with Crippen LogP contribution in [0, 0.1) is 0 Å². The van der Waals surface area contributed by atoms with E-state index in [0.717, 1.165) is 0 Å². The summed E-state index contributed by atoms with van der Waals surface area (Å²) < 4.78 is 8.74. The van der Waals surface area contributed by atoms with Gasteiger partial charge in [0.15, 0.2) is 0 Å². The highest BCUT2D eigenvalue weighted by atomic mass is 79.9. The maximum atomic E-state index is 10.9. The second-order valence-electron chi connectivity index (χ2n) is 3.72. The van der Waals surface area contributed by atoms with Crippen LogP contribution >= 0.6 is 31.9 Å². The molecule has 0 fully saturated rings. The standard InChI is InChI=1S/C12H10Br2N2O3/c13-9-5-8(12(17)18)6-10(14)11(9)19-4-3-16-2-1-15-7-16/h1-2,5-7H,3-4H2,(H,17,18). The molecule has 1 N–H and O–H groups in total. The zero-order valence-electron chi connectivity index (χ0n) is 9.72. The molecule has 0 saturated carbocycles. The molecule has 0 aliphatic heterocycles. The zero-order chi connectivity index (χ0) is 13.8. The number of rotatable bonds is 5. The molecule has 1 aromatic heterocycles. The summed E-state index contributed by atoms with van der Waals surface area (Å²) in [5.41, 5.74) is 0.195. The van der Waals surface area contributed by atoms with Crippen molar-refractivity contribution in [2.24, 2.45) is 0 Å². The Hall–Kier alpha value is -1.34. The fourth-order valence-electron chi connectivity index (χ4n) is 1.49. The fraction of sp³-hybridized carbons (Fsp3) is 0.167. The minimum absolute atomic E-state index is 0.195. The number of imidazole rings is 1. The number of aromatic nitrogens is 2. The van der Waals surface area contributed by atoms with E-state index in [9.17, 15) is 4.79 Å². The van der Waals surface area contributed by atoms with E-state index in [4.69, 9.17) is 9.84 Å². The monoisotopic (exact) mass is 388 g/mol. The van der Waals surface area contributed by atoms with Crippen molar-refractivity contribution in [2.75, 3.05) is 6.61 Å². The molecule has 0 amide bonds. The van der Waals surface area contributed by atoms with Crippen molar-refractivity contribution >= 4 is 37.8 Å². The lowest BCUT2D eigenvalue weighted by Crippen LogP contribution is -2.07. The van der Waals surface area contributed by atoms with E-state index in [1.54, 1.807) is 12.5 Å². The second-order valence-corrected chi connectivity index (χ2v) is 5.43. The molecule has 0 radical (unpaired) electrons. The van der Waals surface area contributed by atoms with Gasteiger partial charge in [0.2, 0.25) is 0 Å². The van der Waals surface area contributed by atoms with Gasteiger partial charge in [0.1, 0.15) is 12.4 Å². The average Bonchev–Trinajstić information content (AvgIpc) is 2.85. The summed E-state index contributed by atoms with van der Waals surface area (Å²) in [5, 5.41) is 8.93. The van der Waals surface area contributed by atoms with Gasteiger partial charge in [-0.1, -0.05) is 0 Å². The van der Waals surface area contributed by atoms with Crippen LogP contribution in [0.3, 0.4) is 0 Å². The van der Waals surface area contributed by atoms with Crippen LogP contribution in [-0.2, 0) is 6.54 Å². The van der Waals surface area contributed by atoms with Crippen molar-refractivity contribution in [3.63, 3.8) is 0 Å². The number of aromatic carboxylic acids is 1. The molecule has 1 heterocycles. The Morgan fingerprint density at radius 1 is 1.37 bits per heavy atom. The maximum absolute atomic E-state index is 10.9. The van der Waals surface area contributed by atoms with Crippen LogP contribution in [0.25, 0.3) is 0 Å². The summed E-state index contributed by atoms with van der Waals surface area (Å²) in [7, 11) is 0. The molecule has 100 valence electrons. The molecule has 2 aromatic rings. The summed E-state index contributed by atoms with van der Waals surface area (Å²) in [6, 6.07) is 3.03. The van der Waals surface area contributed by atoms with Gasteiger partial charge in [-0.15, -0.1) is 0 Å². The third-order valence-corrected chi connectivity index (χ3v) is 3.58.